The minimum atomic E-state index is -1.85. The Kier molecular flexibility index (Phi) is 31.1. The summed E-state index contributed by atoms with van der Waals surface area (Å²) in [6.07, 6.45) is 1.59. The minimum absolute atomic E-state index is 0.00608. The Balaban J connectivity index is 1.28. The number of aliphatic hydroxyl groups is 1. The van der Waals surface area contributed by atoms with Crippen LogP contribution in [0.5, 0.6) is 5.75 Å². The summed E-state index contributed by atoms with van der Waals surface area (Å²) in [5.74, 6) is -9.96. The molecule has 0 aliphatic carbocycles. The lowest BCUT2D eigenvalue weighted by Gasteiger charge is -2.31. The zero-order valence-corrected chi connectivity index (χ0v) is 58.7. The number of rotatable bonds is 38. The molecule has 11 amide bonds. The maximum absolute atomic E-state index is 14.9. The monoisotopic (exact) mass is 1450 g/mol. The second kappa shape index (κ2) is 39.5. The number of aliphatic imine (C=N–C) groups is 2. The number of aromatic nitrogens is 1. The molecule has 5 aromatic rings. The van der Waals surface area contributed by atoms with Gasteiger partial charge in [0, 0.05) is 79.4 Å². The van der Waals surface area contributed by atoms with Crippen LogP contribution in [-0.4, -0.2) is 184 Å². The number of phenols is 1. The molecule has 6 rings (SSSR count). The number of primary amides is 1. The number of likely N-dealkylation sites (tertiary alicyclic amines) is 1. The van der Waals surface area contributed by atoms with Crippen LogP contribution in [0.15, 0.2) is 113 Å². The highest BCUT2D eigenvalue weighted by molar-refractivity contribution is 6.30. The Labute approximate surface area is 599 Å². The number of aliphatic hydroxyl groups excluding tert-OH is 1. The topological polar surface area (TPSA) is 510 Å². The molecule has 10 atom stereocenters. The number of fused-ring (bicyclic) bond motifs is 1. The first-order chi connectivity index (χ1) is 48.5. The standard InChI is InChI=1S/C69H92Cl2N18O13/c1-37(2)30-51(60(95)83-50(13-8-28-78-69(75)76)67(102)89-29-9-14-57(89)66(101)80-38(3)58(72)93)84-59(94)49(12-7-27-77-68(73)74)82-62(97)53(33-42-19-25-46(92)26-20-42)86-65(100)56(36-90)88-64(99)55(34-43-35-79-48-11-6-5-10-47(43)48)87-63(98)54(32-41-17-23-45(71)24-18-41)85-61(96)52(81-39(4)91)31-40-15-21-44(70)22-16-40/h5-6,10-11,15-26,35,37-38,49-57,79,90,92H,7-9,12-14,27-34,36H2,1-4H3,(H2,72,93)(H,80,101)(H,81,91)(H,82,97)(H,83,95)(H,84,94)(H,85,96)(H,86,100)(H,87,98)(H,88,99)(H4,73,74,77)(H4,75,76,78)/t38-,49-,50+,51+,52-,53+,54-,55-,56+,57+/m1/s1. The lowest BCUT2D eigenvalue weighted by Crippen LogP contribution is -2.61. The molecule has 2 heterocycles. The number of hydrogen-bond acceptors (Lipinski definition) is 15. The number of aromatic hydroxyl groups is 1. The fraction of sp³-hybridized carbons (Fsp3) is 0.435. The van der Waals surface area contributed by atoms with Gasteiger partial charge in [0.05, 0.1) is 6.61 Å². The van der Waals surface area contributed by atoms with E-state index in [0.717, 1.165) is 0 Å². The number of carbonyl (C=O) groups excluding carboxylic acids is 11. The summed E-state index contributed by atoms with van der Waals surface area (Å²) >= 11 is 12.4. The first-order valence-electron chi connectivity index (χ1n) is 33.3. The van der Waals surface area contributed by atoms with E-state index in [1.807, 2.05) is 0 Å². The van der Waals surface area contributed by atoms with Crippen LogP contribution in [0.2, 0.25) is 10.0 Å². The zero-order chi connectivity index (χ0) is 74.7. The molecule has 0 bridgehead atoms. The fourth-order valence-corrected chi connectivity index (χ4v) is 11.7. The molecule has 0 radical (unpaired) electrons. The van der Waals surface area contributed by atoms with E-state index in [1.165, 1.54) is 43.0 Å². The van der Waals surface area contributed by atoms with Gasteiger partial charge >= 0.3 is 0 Å². The molecular formula is C69H92Cl2N18O13. The molecule has 1 saturated heterocycles. The number of amides is 11. The molecular weight excluding hydrogens is 1360 g/mol. The second-order valence-electron chi connectivity index (χ2n) is 25.3. The molecule has 31 nitrogen and oxygen atoms in total. The van der Waals surface area contributed by atoms with E-state index < -0.39 is 132 Å². The predicted octanol–water partition coefficient (Wildman–Crippen LogP) is -0.524. The van der Waals surface area contributed by atoms with Crippen molar-refractivity contribution in [3.8, 4) is 5.75 Å². The molecule has 0 saturated carbocycles. The second-order valence-corrected chi connectivity index (χ2v) is 26.2. The van der Waals surface area contributed by atoms with Crippen LogP contribution in [0.4, 0.5) is 0 Å². The zero-order valence-electron chi connectivity index (χ0n) is 57.1. The Morgan fingerprint density at radius 3 is 1.45 bits per heavy atom. The predicted molar refractivity (Wildman–Crippen MR) is 383 cm³/mol. The number of aromatic amines is 1. The van der Waals surface area contributed by atoms with Gasteiger partial charge in [-0.15, -0.1) is 0 Å². The molecule has 1 aromatic heterocycles. The van der Waals surface area contributed by atoms with Gasteiger partial charge < -0.3 is 96.6 Å². The molecule has 0 spiro atoms. The third kappa shape index (κ3) is 25.6. The number of nitrogens with two attached hydrogens (primary N) is 5. The van der Waals surface area contributed by atoms with Gasteiger partial charge in [0.25, 0.3) is 0 Å². The van der Waals surface area contributed by atoms with Crippen molar-refractivity contribution in [2.75, 3.05) is 26.2 Å². The number of nitrogens with one attached hydrogen (secondary N) is 10. The maximum Gasteiger partial charge on any atom is 0.245 e. The van der Waals surface area contributed by atoms with Crippen LogP contribution in [0, 0.1) is 5.92 Å². The van der Waals surface area contributed by atoms with E-state index in [4.69, 9.17) is 51.9 Å². The number of phenolic OH excluding ortho intramolecular Hbond substituents is 1. The van der Waals surface area contributed by atoms with Gasteiger partial charge in [0.2, 0.25) is 65.0 Å². The van der Waals surface area contributed by atoms with Crippen LogP contribution in [0.1, 0.15) is 94.9 Å². The average Bonchev–Trinajstić information content (AvgIpc) is 1.67. The van der Waals surface area contributed by atoms with Gasteiger partial charge in [-0.1, -0.05) is 91.6 Å². The van der Waals surface area contributed by atoms with E-state index in [-0.39, 0.29) is 107 Å². The molecule has 33 heteroatoms. The summed E-state index contributed by atoms with van der Waals surface area (Å²) < 4.78 is 0. The highest BCUT2D eigenvalue weighted by atomic mass is 35.5. The van der Waals surface area contributed by atoms with Gasteiger partial charge in [-0.2, -0.15) is 0 Å². The van der Waals surface area contributed by atoms with E-state index in [0.29, 0.717) is 49.6 Å². The summed E-state index contributed by atoms with van der Waals surface area (Å²) in [5, 5.41) is 46.6. The van der Waals surface area contributed by atoms with Crippen molar-refractivity contribution in [2.45, 2.75) is 159 Å². The Morgan fingerprint density at radius 2 is 0.961 bits per heavy atom. The number of hydrogen-bond donors (Lipinski definition) is 17. The molecule has 4 aromatic carbocycles. The summed E-state index contributed by atoms with van der Waals surface area (Å²) in [4.78, 5) is 168. The van der Waals surface area contributed by atoms with Crippen molar-refractivity contribution in [1.82, 2.24) is 57.7 Å². The minimum Gasteiger partial charge on any atom is -0.508 e. The Hall–Kier alpha value is -10.5. The number of carbonyl (C=O) groups is 11. The number of halogens is 2. The average molecular weight is 1450 g/mol. The van der Waals surface area contributed by atoms with Gasteiger partial charge in [-0.25, -0.2) is 0 Å². The summed E-state index contributed by atoms with van der Waals surface area (Å²) in [7, 11) is 0. The number of benzene rings is 4. The fourth-order valence-electron chi connectivity index (χ4n) is 11.4. The van der Waals surface area contributed by atoms with Gasteiger partial charge in [-0.3, -0.25) is 62.7 Å². The number of H-pyrrole nitrogens is 1. The molecule has 1 aliphatic rings. The summed E-state index contributed by atoms with van der Waals surface area (Å²) in [6, 6.07) is 11.8. The van der Waals surface area contributed by atoms with Crippen LogP contribution < -0.4 is 76.5 Å². The number of nitrogens with zero attached hydrogens (tertiary/aromatic N) is 3. The van der Waals surface area contributed by atoms with Gasteiger partial charge in [0.15, 0.2) is 11.9 Å². The summed E-state index contributed by atoms with van der Waals surface area (Å²) in [5.41, 5.74) is 30.5. The third-order valence-corrected chi connectivity index (χ3v) is 17.2. The van der Waals surface area contributed by atoms with Crippen molar-refractivity contribution in [3.63, 3.8) is 0 Å². The van der Waals surface area contributed by atoms with Crippen molar-refractivity contribution < 1.29 is 63.0 Å². The first-order valence-corrected chi connectivity index (χ1v) is 34.1. The highest BCUT2D eigenvalue weighted by Crippen LogP contribution is 2.23. The van der Waals surface area contributed by atoms with Crippen molar-refractivity contribution >= 4 is 111 Å². The van der Waals surface area contributed by atoms with E-state index in [2.05, 4.69) is 62.8 Å². The van der Waals surface area contributed by atoms with E-state index >= 15 is 0 Å². The number of para-hydroxylation sites is 1. The van der Waals surface area contributed by atoms with Crippen molar-refractivity contribution in [3.05, 3.63) is 136 Å². The van der Waals surface area contributed by atoms with E-state index in [9.17, 15) is 63.0 Å². The van der Waals surface area contributed by atoms with Crippen LogP contribution in [0.25, 0.3) is 10.9 Å². The maximum atomic E-state index is 14.9. The third-order valence-electron chi connectivity index (χ3n) is 16.7. The smallest absolute Gasteiger partial charge is 0.245 e. The Morgan fingerprint density at radius 1 is 0.539 bits per heavy atom. The largest absolute Gasteiger partial charge is 0.508 e. The van der Waals surface area contributed by atoms with Crippen LogP contribution in [0.3, 0.4) is 0 Å². The summed E-state index contributed by atoms with van der Waals surface area (Å²) in [6.45, 7) is 5.25. The molecule has 550 valence electrons. The lowest BCUT2D eigenvalue weighted by molar-refractivity contribution is -0.142. The molecule has 22 N–H and O–H groups in total. The van der Waals surface area contributed by atoms with Crippen molar-refractivity contribution in [2.24, 2.45) is 44.6 Å². The SMILES string of the molecule is CC(=O)N[C@H](Cc1ccc(Cl)cc1)C(=O)N[C@H](Cc1ccc(Cl)cc1)C(=O)N[C@H](Cc1c[nH]c2ccccc12)C(=O)N[C@@H](CO)C(=O)N[C@@H](Cc1ccc(O)cc1)C(=O)N[C@H](CCCN=C(N)N)C(=O)N[C@@H](CC(C)C)C(=O)N[C@@H](CCCN=C(N)N)C(=O)N1CCC[C@H]1C(=O)N[C@H](C)C(N)=O. The van der Waals surface area contributed by atoms with Crippen LogP contribution in [-0.2, 0) is 78.4 Å². The van der Waals surface area contributed by atoms with Crippen molar-refractivity contribution in [1.29, 1.82) is 0 Å². The molecule has 0 unspecified atom stereocenters. The van der Waals surface area contributed by atoms with Gasteiger partial charge in [-0.05, 0) is 123 Å². The highest BCUT2D eigenvalue weighted by Gasteiger charge is 2.40. The Bertz CT molecular complexity index is 3790. The quantitative estimate of drug-likeness (QED) is 0.0134. The lowest BCUT2D eigenvalue weighted by atomic mass is 10.00. The van der Waals surface area contributed by atoms with E-state index in [1.54, 1.807) is 92.8 Å². The van der Waals surface area contributed by atoms with Crippen LogP contribution >= 0.6 is 23.2 Å². The molecule has 1 aliphatic heterocycles. The normalized spacial score (nSPS) is 15.3. The molecule has 1 fully saturated rings. The number of guanidine groups is 2. The van der Waals surface area contributed by atoms with Gasteiger partial charge in [0.1, 0.15) is 66.2 Å². The molecule has 102 heavy (non-hydrogen) atoms. The first kappa shape index (κ1) is 80.4.